The van der Waals surface area contributed by atoms with Crippen LogP contribution >= 0.6 is 0 Å². The number of unbranched alkanes of at least 4 members (excludes halogenated alkanes) is 1. The van der Waals surface area contributed by atoms with Gasteiger partial charge in [0, 0.05) is 42.4 Å². The van der Waals surface area contributed by atoms with Crippen LogP contribution in [0, 0.1) is 0 Å². The molecule has 0 bridgehead atoms. The number of ether oxygens (including phenoxy) is 1. The van der Waals surface area contributed by atoms with Crippen LogP contribution < -0.4 is 5.73 Å². The second-order valence-electron chi connectivity index (χ2n) is 7.85. The number of imidazole rings is 1. The lowest BCUT2D eigenvalue weighted by atomic mass is 10.0. The molecule has 5 rings (SSSR count). The van der Waals surface area contributed by atoms with Gasteiger partial charge in [0.15, 0.2) is 11.5 Å². The maximum absolute atomic E-state index is 5.62. The Hall–Kier alpha value is -3.62. The summed E-state index contributed by atoms with van der Waals surface area (Å²) < 4.78 is 5.32. The number of aryl methyl sites for hydroxylation is 1. The van der Waals surface area contributed by atoms with Crippen LogP contribution in [0.5, 0.6) is 0 Å². The van der Waals surface area contributed by atoms with Crippen LogP contribution in [0.1, 0.15) is 24.0 Å². The van der Waals surface area contributed by atoms with Gasteiger partial charge in [0.05, 0.1) is 23.0 Å². The number of para-hydroxylation sites is 1. The average Bonchev–Trinajstić information content (AvgIpc) is 3.44. The van der Waals surface area contributed by atoms with Crippen molar-refractivity contribution in [1.29, 1.82) is 0 Å². The van der Waals surface area contributed by atoms with Gasteiger partial charge in [0.2, 0.25) is 0 Å². The molecule has 0 aliphatic rings. The van der Waals surface area contributed by atoms with E-state index in [1.165, 1.54) is 5.56 Å². The number of rotatable bonds is 8. The molecule has 32 heavy (non-hydrogen) atoms. The number of nitrogens with two attached hydrogens (primary N) is 1. The van der Waals surface area contributed by atoms with Gasteiger partial charge < -0.3 is 15.5 Å². The van der Waals surface area contributed by atoms with E-state index in [1.54, 1.807) is 7.11 Å². The van der Waals surface area contributed by atoms with Crippen LogP contribution in [0.25, 0.3) is 44.7 Å². The first-order valence-electron chi connectivity index (χ1n) is 10.7. The Bertz CT molecular complexity index is 1370. The van der Waals surface area contributed by atoms with E-state index < -0.39 is 0 Å². The minimum absolute atomic E-state index is 0.506. The number of nitrogens with one attached hydrogen (secondary N) is 2. The second kappa shape index (κ2) is 8.86. The standard InChI is InChI=1S/C24H25N7O/c1-32-14-16-6-4-7-20-21(16)29-24(28-20)22-19-10-18(13-27-23(19)31-30-22)17-9-15(11-26-12-17)5-2-3-8-25/h4,6-7,9-13H,2-3,5,8,14,25H2,1H3,(H,28,29)(H,27,30,31). The summed E-state index contributed by atoms with van der Waals surface area (Å²) in [6.45, 7) is 1.22. The number of nitrogens with zero attached hydrogens (tertiary/aromatic N) is 4. The summed E-state index contributed by atoms with van der Waals surface area (Å²) in [5, 5.41) is 8.39. The Kier molecular flexibility index (Phi) is 5.62. The minimum Gasteiger partial charge on any atom is -0.380 e. The molecule has 0 fully saturated rings. The number of fused-ring (bicyclic) bond motifs is 2. The molecule has 0 saturated heterocycles. The van der Waals surface area contributed by atoms with Crippen molar-refractivity contribution < 1.29 is 4.74 Å². The Morgan fingerprint density at radius 1 is 1.06 bits per heavy atom. The summed E-state index contributed by atoms with van der Waals surface area (Å²) in [7, 11) is 1.68. The third-order valence-electron chi connectivity index (χ3n) is 5.59. The molecule has 8 nitrogen and oxygen atoms in total. The molecule has 0 aliphatic heterocycles. The van der Waals surface area contributed by atoms with E-state index in [2.05, 4.69) is 37.3 Å². The maximum atomic E-state index is 5.62. The third-order valence-corrected chi connectivity index (χ3v) is 5.59. The van der Waals surface area contributed by atoms with E-state index in [0.29, 0.717) is 18.8 Å². The lowest BCUT2D eigenvalue weighted by molar-refractivity contribution is 0.186. The number of pyridine rings is 2. The molecule has 0 radical (unpaired) electrons. The molecule has 162 valence electrons. The summed E-state index contributed by atoms with van der Waals surface area (Å²) in [6, 6.07) is 10.3. The maximum Gasteiger partial charge on any atom is 0.181 e. The quantitative estimate of drug-likeness (QED) is 0.322. The van der Waals surface area contributed by atoms with Gasteiger partial charge in [-0.1, -0.05) is 12.1 Å². The van der Waals surface area contributed by atoms with Crippen molar-refractivity contribution in [2.45, 2.75) is 25.9 Å². The van der Waals surface area contributed by atoms with Gasteiger partial charge in [0.1, 0.15) is 5.69 Å². The summed E-state index contributed by atoms with van der Waals surface area (Å²) in [5.74, 6) is 0.721. The van der Waals surface area contributed by atoms with Crippen molar-refractivity contribution in [2.24, 2.45) is 5.73 Å². The zero-order valence-corrected chi connectivity index (χ0v) is 17.9. The number of hydrogen-bond donors (Lipinski definition) is 3. The first-order valence-corrected chi connectivity index (χ1v) is 10.7. The summed E-state index contributed by atoms with van der Waals surface area (Å²) >= 11 is 0. The summed E-state index contributed by atoms with van der Waals surface area (Å²) in [4.78, 5) is 17.2. The van der Waals surface area contributed by atoms with E-state index in [4.69, 9.17) is 15.5 Å². The smallest absolute Gasteiger partial charge is 0.181 e. The fourth-order valence-corrected chi connectivity index (χ4v) is 3.98. The molecule has 0 spiro atoms. The number of aromatic amines is 2. The first kappa shape index (κ1) is 20.3. The van der Waals surface area contributed by atoms with E-state index in [0.717, 1.165) is 63.9 Å². The molecule has 4 N–H and O–H groups in total. The molecule has 0 saturated carbocycles. The SMILES string of the molecule is COCc1cccc2[nH]c(-c3[nH]nc4ncc(-c5cncc(CCCCN)c5)cc34)nc12. The molecule has 5 aromatic rings. The Labute approximate surface area is 185 Å². The van der Waals surface area contributed by atoms with Crippen LogP contribution in [0.2, 0.25) is 0 Å². The van der Waals surface area contributed by atoms with Crippen molar-refractivity contribution in [2.75, 3.05) is 13.7 Å². The highest BCUT2D eigenvalue weighted by molar-refractivity contribution is 5.93. The molecule has 0 atom stereocenters. The molecule has 1 aromatic carbocycles. The second-order valence-corrected chi connectivity index (χ2v) is 7.85. The Morgan fingerprint density at radius 3 is 2.84 bits per heavy atom. The Morgan fingerprint density at radius 2 is 1.97 bits per heavy atom. The van der Waals surface area contributed by atoms with Crippen LogP contribution in [0.3, 0.4) is 0 Å². The largest absolute Gasteiger partial charge is 0.380 e. The lowest BCUT2D eigenvalue weighted by Crippen LogP contribution is -1.99. The fraction of sp³-hybridized carbons (Fsp3) is 0.250. The number of H-pyrrole nitrogens is 2. The zero-order chi connectivity index (χ0) is 21.9. The molecule has 4 heterocycles. The van der Waals surface area contributed by atoms with Gasteiger partial charge in [-0.15, -0.1) is 0 Å². The van der Waals surface area contributed by atoms with E-state index >= 15 is 0 Å². The minimum atomic E-state index is 0.506. The van der Waals surface area contributed by atoms with Gasteiger partial charge in [-0.05, 0) is 49.6 Å². The Balaban J connectivity index is 1.53. The van der Waals surface area contributed by atoms with Crippen molar-refractivity contribution in [1.82, 2.24) is 30.1 Å². The lowest BCUT2D eigenvalue weighted by Gasteiger charge is -2.05. The molecule has 0 aliphatic carbocycles. The van der Waals surface area contributed by atoms with Gasteiger partial charge >= 0.3 is 0 Å². The van der Waals surface area contributed by atoms with Crippen molar-refractivity contribution in [3.05, 3.63) is 60.0 Å². The van der Waals surface area contributed by atoms with E-state index in [9.17, 15) is 0 Å². The highest BCUT2D eigenvalue weighted by Gasteiger charge is 2.15. The molecular formula is C24H25N7O. The van der Waals surface area contributed by atoms with Crippen LogP contribution in [-0.2, 0) is 17.8 Å². The molecule has 0 unspecified atom stereocenters. The number of methoxy groups -OCH3 is 1. The van der Waals surface area contributed by atoms with Gasteiger partial charge in [-0.25, -0.2) is 9.97 Å². The van der Waals surface area contributed by atoms with Crippen molar-refractivity contribution >= 4 is 22.1 Å². The van der Waals surface area contributed by atoms with Crippen LogP contribution in [0.15, 0.2) is 48.9 Å². The predicted molar refractivity (Wildman–Crippen MR) is 125 cm³/mol. The zero-order valence-electron chi connectivity index (χ0n) is 17.9. The monoisotopic (exact) mass is 427 g/mol. The summed E-state index contributed by atoms with van der Waals surface area (Å²) in [6.07, 6.45) is 8.66. The molecule has 8 heteroatoms. The molecule has 4 aromatic heterocycles. The van der Waals surface area contributed by atoms with Crippen LogP contribution in [0.4, 0.5) is 0 Å². The van der Waals surface area contributed by atoms with Gasteiger partial charge in [0.25, 0.3) is 0 Å². The van der Waals surface area contributed by atoms with Crippen molar-refractivity contribution in [3.63, 3.8) is 0 Å². The highest BCUT2D eigenvalue weighted by Crippen LogP contribution is 2.30. The average molecular weight is 428 g/mol. The molecule has 0 amide bonds. The normalized spacial score (nSPS) is 11.6. The molecular weight excluding hydrogens is 402 g/mol. The number of aromatic nitrogens is 6. The van der Waals surface area contributed by atoms with E-state index in [-0.39, 0.29) is 0 Å². The fourth-order valence-electron chi connectivity index (χ4n) is 3.98. The predicted octanol–water partition coefficient (Wildman–Crippen LogP) is 3.99. The summed E-state index contributed by atoms with van der Waals surface area (Å²) in [5.41, 5.74) is 13.2. The number of benzene rings is 1. The van der Waals surface area contributed by atoms with Crippen LogP contribution in [-0.4, -0.2) is 43.8 Å². The number of hydrogen-bond acceptors (Lipinski definition) is 6. The van der Waals surface area contributed by atoms with Crippen molar-refractivity contribution in [3.8, 4) is 22.6 Å². The van der Waals surface area contributed by atoms with E-state index in [1.807, 2.05) is 36.8 Å². The van der Waals surface area contributed by atoms with Gasteiger partial charge in [-0.2, -0.15) is 5.10 Å². The first-order chi connectivity index (χ1) is 15.8. The highest BCUT2D eigenvalue weighted by atomic mass is 16.5. The topological polar surface area (TPSA) is 118 Å². The van der Waals surface area contributed by atoms with Gasteiger partial charge in [-0.3, -0.25) is 10.1 Å². The third kappa shape index (κ3) is 3.86.